The van der Waals surface area contributed by atoms with Crippen LogP contribution in [0.2, 0.25) is 5.02 Å². The SMILES string of the molecule is Clc1cccc(NC2CCCNCC2)c1. The Morgan fingerprint density at radius 1 is 1.27 bits per heavy atom. The quantitative estimate of drug-likeness (QED) is 0.807. The second-order valence-electron chi connectivity index (χ2n) is 4.03. The van der Waals surface area contributed by atoms with Crippen LogP contribution in [0.4, 0.5) is 5.69 Å². The molecule has 0 amide bonds. The number of anilines is 1. The minimum absolute atomic E-state index is 0.582. The van der Waals surface area contributed by atoms with Crippen LogP contribution in [-0.4, -0.2) is 19.1 Å². The van der Waals surface area contributed by atoms with Gasteiger partial charge in [-0.25, -0.2) is 0 Å². The van der Waals surface area contributed by atoms with E-state index in [1.165, 1.54) is 19.3 Å². The van der Waals surface area contributed by atoms with Gasteiger partial charge in [0.25, 0.3) is 0 Å². The van der Waals surface area contributed by atoms with Gasteiger partial charge in [0, 0.05) is 16.8 Å². The van der Waals surface area contributed by atoms with Crippen LogP contribution in [0.5, 0.6) is 0 Å². The summed E-state index contributed by atoms with van der Waals surface area (Å²) in [5.41, 5.74) is 1.13. The fraction of sp³-hybridized carbons (Fsp3) is 0.500. The van der Waals surface area contributed by atoms with Crippen molar-refractivity contribution in [2.75, 3.05) is 18.4 Å². The lowest BCUT2D eigenvalue weighted by Gasteiger charge is -2.17. The zero-order valence-electron chi connectivity index (χ0n) is 8.80. The van der Waals surface area contributed by atoms with Crippen molar-refractivity contribution in [1.29, 1.82) is 0 Å². The van der Waals surface area contributed by atoms with Crippen LogP contribution in [0, 0.1) is 0 Å². The van der Waals surface area contributed by atoms with E-state index in [0.29, 0.717) is 6.04 Å². The largest absolute Gasteiger partial charge is 0.382 e. The molecule has 2 N–H and O–H groups in total. The maximum Gasteiger partial charge on any atom is 0.0426 e. The van der Waals surface area contributed by atoms with E-state index in [9.17, 15) is 0 Å². The molecule has 1 aliphatic heterocycles. The molecule has 0 saturated carbocycles. The van der Waals surface area contributed by atoms with E-state index in [4.69, 9.17) is 11.6 Å². The fourth-order valence-corrected chi connectivity index (χ4v) is 2.17. The van der Waals surface area contributed by atoms with E-state index in [2.05, 4.69) is 16.7 Å². The third-order valence-electron chi connectivity index (χ3n) is 2.77. The van der Waals surface area contributed by atoms with Gasteiger partial charge in [0.05, 0.1) is 0 Å². The predicted molar refractivity (Wildman–Crippen MR) is 65.6 cm³/mol. The average Bonchev–Trinajstić information content (AvgIpc) is 2.46. The lowest BCUT2D eigenvalue weighted by molar-refractivity contribution is 0.637. The van der Waals surface area contributed by atoms with Gasteiger partial charge in [-0.2, -0.15) is 0 Å². The molecular formula is C12H17ClN2. The normalized spacial score (nSPS) is 22.1. The summed E-state index contributed by atoms with van der Waals surface area (Å²) in [5, 5.41) is 7.74. The number of hydrogen-bond acceptors (Lipinski definition) is 2. The average molecular weight is 225 g/mol. The van der Waals surface area contributed by atoms with Crippen molar-refractivity contribution in [3.05, 3.63) is 29.3 Å². The lowest BCUT2D eigenvalue weighted by Crippen LogP contribution is -2.21. The van der Waals surface area contributed by atoms with Crippen molar-refractivity contribution >= 4 is 17.3 Å². The van der Waals surface area contributed by atoms with Crippen molar-refractivity contribution in [3.8, 4) is 0 Å². The van der Waals surface area contributed by atoms with Crippen molar-refractivity contribution in [3.63, 3.8) is 0 Å². The number of nitrogens with one attached hydrogen (secondary N) is 2. The summed E-state index contributed by atoms with van der Waals surface area (Å²) in [7, 11) is 0. The Morgan fingerprint density at radius 3 is 3.07 bits per heavy atom. The molecule has 0 aromatic heterocycles. The van der Waals surface area contributed by atoms with Crippen LogP contribution in [-0.2, 0) is 0 Å². The third kappa shape index (κ3) is 3.40. The lowest BCUT2D eigenvalue weighted by atomic mass is 10.1. The van der Waals surface area contributed by atoms with Gasteiger partial charge < -0.3 is 10.6 Å². The highest BCUT2D eigenvalue weighted by molar-refractivity contribution is 6.30. The highest BCUT2D eigenvalue weighted by Crippen LogP contribution is 2.18. The Balaban J connectivity index is 1.95. The van der Waals surface area contributed by atoms with E-state index in [0.717, 1.165) is 23.8 Å². The van der Waals surface area contributed by atoms with Crippen LogP contribution >= 0.6 is 11.6 Å². The highest BCUT2D eigenvalue weighted by Gasteiger charge is 2.11. The first kappa shape index (κ1) is 10.8. The van der Waals surface area contributed by atoms with Crippen LogP contribution in [0.25, 0.3) is 0 Å². The van der Waals surface area contributed by atoms with Crippen LogP contribution in [0.15, 0.2) is 24.3 Å². The molecule has 1 aromatic carbocycles. The van der Waals surface area contributed by atoms with E-state index in [-0.39, 0.29) is 0 Å². The van der Waals surface area contributed by atoms with Gasteiger partial charge in [-0.15, -0.1) is 0 Å². The van der Waals surface area contributed by atoms with Gasteiger partial charge in [-0.05, 0) is 50.6 Å². The topological polar surface area (TPSA) is 24.1 Å². The molecule has 0 radical (unpaired) electrons. The molecule has 1 unspecified atom stereocenters. The molecule has 82 valence electrons. The number of hydrogen-bond donors (Lipinski definition) is 2. The molecular weight excluding hydrogens is 208 g/mol. The maximum absolute atomic E-state index is 5.94. The van der Waals surface area contributed by atoms with Crippen molar-refractivity contribution in [2.45, 2.75) is 25.3 Å². The van der Waals surface area contributed by atoms with E-state index in [1.807, 2.05) is 18.2 Å². The van der Waals surface area contributed by atoms with E-state index in [1.54, 1.807) is 0 Å². The third-order valence-corrected chi connectivity index (χ3v) is 3.01. The van der Waals surface area contributed by atoms with Gasteiger partial charge in [0.15, 0.2) is 0 Å². The highest BCUT2D eigenvalue weighted by atomic mass is 35.5. The fourth-order valence-electron chi connectivity index (χ4n) is 1.98. The molecule has 0 aliphatic carbocycles. The second-order valence-corrected chi connectivity index (χ2v) is 4.47. The predicted octanol–water partition coefficient (Wildman–Crippen LogP) is 2.89. The first-order chi connectivity index (χ1) is 7.34. The first-order valence-electron chi connectivity index (χ1n) is 5.57. The maximum atomic E-state index is 5.94. The number of benzene rings is 1. The second kappa shape index (κ2) is 5.38. The van der Waals surface area contributed by atoms with Crippen LogP contribution < -0.4 is 10.6 Å². The van der Waals surface area contributed by atoms with E-state index >= 15 is 0 Å². The molecule has 1 heterocycles. The summed E-state index contributed by atoms with van der Waals surface area (Å²) >= 11 is 5.94. The zero-order valence-corrected chi connectivity index (χ0v) is 9.56. The molecule has 2 nitrogen and oxygen atoms in total. The van der Waals surface area contributed by atoms with Gasteiger partial charge in [-0.3, -0.25) is 0 Å². The van der Waals surface area contributed by atoms with Gasteiger partial charge in [0.2, 0.25) is 0 Å². The molecule has 15 heavy (non-hydrogen) atoms. The summed E-state index contributed by atoms with van der Waals surface area (Å²) in [6, 6.07) is 8.53. The van der Waals surface area contributed by atoms with Crippen LogP contribution in [0.3, 0.4) is 0 Å². The summed E-state index contributed by atoms with van der Waals surface area (Å²) < 4.78 is 0. The molecule has 2 rings (SSSR count). The first-order valence-corrected chi connectivity index (χ1v) is 5.95. The summed E-state index contributed by atoms with van der Waals surface area (Å²) in [6.07, 6.45) is 3.67. The van der Waals surface area contributed by atoms with Gasteiger partial charge in [0.1, 0.15) is 0 Å². The van der Waals surface area contributed by atoms with Gasteiger partial charge in [-0.1, -0.05) is 17.7 Å². The monoisotopic (exact) mass is 224 g/mol. The molecule has 1 aliphatic rings. The molecule has 1 fully saturated rings. The standard InChI is InChI=1S/C12H17ClN2/c13-10-3-1-4-12(9-10)15-11-5-2-7-14-8-6-11/h1,3-4,9,11,14-15H,2,5-8H2. The Hall–Kier alpha value is -0.730. The molecule has 0 bridgehead atoms. The van der Waals surface area contributed by atoms with Crippen molar-refractivity contribution in [1.82, 2.24) is 5.32 Å². The molecule has 1 aromatic rings. The van der Waals surface area contributed by atoms with Crippen LogP contribution in [0.1, 0.15) is 19.3 Å². The summed E-state index contributed by atoms with van der Waals surface area (Å²) in [6.45, 7) is 2.26. The molecule has 1 saturated heterocycles. The van der Waals surface area contributed by atoms with Crippen molar-refractivity contribution in [2.24, 2.45) is 0 Å². The summed E-state index contributed by atoms with van der Waals surface area (Å²) in [5.74, 6) is 0. The molecule has 3 heteroatoms. The Labute approximate surface area is 96.0 Å². The van der Waals surface area contributed by atoms with Crippen molar-refractivity contribution < 1.29 is 0 Å². The van der Waals surface area contributed by atoms with E-state index < -0.39 is 0 Å². The Morgan fingerprint density at radius 2 is 2.20 bits per heavy atom. The minimum atomic E-state index is 0.582. The number of rotatable bonds is 2. The van der Waals surface area contributed by atoms with Gasteiger partial charge >= 0.3 is 0 Å². The minimum Gasteiger partial charge on any atom is -0.382 e. The molecule has 1 atom stereocenters. The Kier molecular flexibility index (Phi) is 3.87. The summed E-state index contributed by atoms with van der Waals surface area (Å²) in [4.78, 5) is 0. The zero-order chi connectivity index (χ0) is 10.5. The molecule has 0 spiro atoms. The Bertz CT molecular complexity index is 306. The number of halogens is 1. The smallest absolute Gasteiger partial charge is 0.0426 e.